The van der Waals surface area contributed by atoms with Gasteiger partial charge in [-0.25, -0.2) is 4.79 Å². The van der Waals surface area contributed by atoms with Gasteiger partial charge in [0.15, 0.2) is 5.69 Å². The molecule has 5 heteroatoms. The minimum atomic E-state index is -1.05. The Labute approximate surface area is 94.1 Å². The molecule has 1 aromatic heterocycles. The Hall–Kier alpha value is -1.52. The van der Waals surface area contributed by atoms with Crippen molar-refractivity contribution in [3.05, 3.63) is 12.0 Å². The first kappa shape index (κ1) is 11.0. The molecule has 1 saturated heterocycles. The molecule has 1 unspecified atom stereocenters. The van der Waals surface area contributed by atoms with Crippen LogP contribution in [0.3, 0.4) is 0 Å². The highest BCUT2D eigenvalue weighted by atomic mass is 16.4. The van der Waals surface area contributed by atoms with Crippen LogP contribution in [0, 0.1) is 5.92 Å². The zero-order valence-corrected chi connectivity index (χ0v) is 9.51. The highest BCUT2D eigenvalue weighted by Crippen LogP contribution is 2.28. The molecule has 0 radical (unpaired) electrons. The topological polar surface area (TPSA) is 66.6 Å². The number of aromatic nitrogens is 1. The number of hydrogen-bond donors (Lipinski definition) is 1. The molecule has 0 amide bonds. The summed E-state index contributed by atoms with van der Waals surface area (Å²) in [4.78, 5) is 16.8. The van der Waals surface area contributed by atoms with Crippen molar-refractivity contribution < 1.29 is 14.3 Å². The van der Waals surface area contributed by atoms with E-state index in [1.165, 1.54) is 6.26 Å². The highest BCUT2D eigenvalue weighted by Gasteiger charge is 2.30. The van der Waals surface area contributed by atoms with E-state index < -0.39 is 5.97 Å². The molecule has 1 N–H and O–H groups in total. The van der Waals surface area contributed by atoms with E-state index in [1.807, 2.05) is 0 Å². The van der Waals surface area contributed by atoms with Crippen LogP contribution in [0.5, 0.6) is 0 Å². The monoisotopic (exact) mass is 224 g/mol. The number of carbonyl (C=O) groups is 1. The third-order valence-corrected chi connectivity index (χ3v) is 3.03. The standard InChI is InChI=1S/C11H16N2O3/c1-7(2)9-4-3-5-13(9)11-12-8(6-16-11)10(14)15/h6-7,9H,3-5H2,1-2H3,(H,14,15). The van der Waals surface area contributed by atoms with Crippen LogP contribution in [-0.2, 0) is 0 Å². The molecule has 88 valence electrons. The molecule has 1 aliphatic heterocycles. The molecule has 5 nitrogen and oxygen atoms in total. The lowest BCUT2D eigenvalue weighted by Gasteiger charge is -2.25. The largest absolute Gasteiger partial charge is 0.476 e. The van der Waals surface area contributed by atoms with Crippen molar-refractivity contribution in [3.8, 4) is 0 Å². The molecular weight excluding hydrogens is 208 g/mol. The van der Waals surface area contributed by atoms with Crippen molar-refractivity contribution in [1.29, 1.82) is 0 Å². The number of carboxylic acids is 1. The summed E-state index contributed by atoms with van der Waals surface area (Å²) in [6, 6.07) is 0.842. The van der Waals surface area contributed by atoms with Gasteiger partial charge in [-0.1, -0.05) is 13.8 Å². The Morgan fingerprint density at radius 2 is 2.44 bits per heavy atom. The maximum Gasteiger partial charge on any atom is 0.357 e. The average molecular weight is 224 g/mol. The minimum Gasteiger partial charge on any atom is -0.476 e. The lowest BCUT2D eigenvalue weighted by atomic mass is 10.0. The Morgan fingerprint density at radius 3 is 3.00 bits per heavy atom. The second-order valence-electron chi connectivity index (χ2n) is 4.47. The first-order chi connectivity index (χ1) is 7.59. The number of anilines is 1. The molecule has 1 aliphatic rings. The van der Waals surface area contributed by atoms with Crippen molar-refractivity contribution >= 4 is 12.0 Å². The summed E-state index contributed by atoms with van der Waals surface area (Å²) in [5.41, 5.74) is -0.0237. The highest BCUT2D eigenvalue weighted by molar-refractivity contribution is 5.85. The van der Waals surface area contributed by atoms with Crippen LogP contribution in [0.1, 0.15) is 37.2 Å². The fourth-order valence-corrected chi connectivity index (χ4v) is 2.22. The lowest BCUT2D eigenvalue weighted by molar-refractivity contribution is 0.0690. The summed E-state index contributed by atoms with van der Waals surface area (Å²) in [5.74, 6) is -0.530. The van der Waals surface area contributed by atoms with Gasteiger partial charge < -0.3 is 14.4 Å². The Kier molecular flexibility index (Phi) is 2.85. The quantitative estimate of drug-likeness (QED) is 0.850. The van der Waals surface area contributed by atoms with Gasteiger partial charge in [-0.2, -0.15) is 4.98 Å². The molecule has 1 atom stereocenters. The maximum absolute atomic E-state index is 10.7. The molecular formula is C11H16N2O3. The van der Waals surface area contributed by atoms with Crippen LogP contribution in [0.4, 0.5) is 6.01 Å². The SMILES string of the molecule is CC(C)C1CCCN1c1nc(C(=O)O)co1. The molecule has 0 saturated carbocycles. The molecule has 1 aromatic rings. The fourth-order valence-electron chi connectivity index (χ4n) is 2.22. The zero-order valence-electron chi connectivity index (χ0n) is 9.51. The van der Waals surface area contributed by atoms with Gasteiger partial charge in [0.25, 0.3) is 6.01 Å². The number of aromatic carboxylic acids is 1. The average Bonchev–Trinajstić information content (AvgIpc) is 2.86. The van der Waals surface area contributed by atoms with Gasteiger partial charge in [-0.3, -0.25) is 0 Å². The van der Waals surface area contributed by atoms with Crippen LogP contribution in [-0.4, -0.2) is 28.6 Å². The third kappa shape index (κ3) is 1.89. The van der Waals surface area contributed by atoms with Crippen LogP contribution in [0.2, 0.25) is 0 Å². The Bertz CT molecular complexity index is 386. The van der Waals surface area contributed by atoms with E-state index in [4.69, 9.17) is 9.52 Å². The Balaban J connectivity index is 2.19. The van der Waals surface area contributed by atoms with Crippen LogP contribution in [0.15, 0.2) is 10.7 Å². The number of oxazole rings is 1. The second kappa shape index (κ2) is 4.15. The normalized spacial score (nSPS) is 20.7. The van der Waals surface area contributed by atoms with E-state index in [0.29, 0.717) is 18.0 Å². The van der Waals surface area contributed by atoms with Crippen molar-refractivity contribution in [2.24, 2.45) is 5.92 Å². The predicted molar refractivity (Wildman–Crippen MR) is 58.7 cm³/mol. The van der Waals surface area contributed by atoms with Crippen molar-refractivity contribution in [1.82, 2.24) is 4.98 Å². The molecule has 16 heavy (non-hydrogen) atoms. The summed E-state index contributed by atoms with van der Waals surface area (Å²) in [6.07, 6.45) is 3.42. The van der Waals surface area contributed by atoms with Crippen molar-refractivity contribution in [2.75, 3.05) is 11.4 Å². The third-order valence-electron chi connectivity index (χ3n) is 3.03. The van der Waals surface area contributed by atoms with Crippen molar-refractivity contribution in [3.63, 3.8) is 0 Å². The van der Waals surface area contributed by atoms with Crippen molar-refractivity contribution in [2.45, 2.75) is 32.7 Å². The summed E-state index contributed by atoms with van der Waals surface area (Å²) in [7, 11) is 0. The molecule has 0 aliphatic carbocycles. The number of rotatable bonds is 3. The summed E-state index contributed by atoms with van der Waals surface area (Å²) < 4.78 is 5.22. The van der Waals surface area contributed by atoms with Gasteiger partial charge in [0.2, 0.25) is 0 Å². The number of hydrogen-bond acceptors (Lipinski definition) is 4. The van der Waals surface area contributed by atoms with E-state index in [2.05, 4.69) is 23.7 Å². The smallest absolute Gasteiger partial charge is 0.357 e. The maximum atomic E-state index is 10.7. The molecule has 1 fully saturated rings. The minimum absolute atomic E-state index is 0.0237. The second-order valence-corrected chi connectivity index (χ2v) is 4.47. The van der Waals surface area contributed by atoms with Gasteiger partial charge >= 0.3 is 5.97 Å². The molecule has 2 rings (SSSR count). The van der Waals surface area contributed by atoms with Gasteiger partial charge in [0, 0.05) is 12.6 Å². The first-order valence-corrected chi connectivity index (χ1v) is 5.55. The van der Waals surface area contributed by atoms with Gasteiger partial charge in [-0.05, 0) is 18.8 Å². The molecule has 0 bridgehead atoms. The Morgan fingerprint density at radius 1 is 1.69 bits per heavy atom. The predicted octanol–water partition coefficient (Wildman–Crippen LogP) is 2.00. The van der Waals surface area contributed by atoms with Crippen LogP contribution in [0.25, 0.3) is 0 Å². The van der Waals surface area contributed by atoms with E-state index in [0.717, 1.165) is 19.4 Å². The van der Waals surface area contributed by atoms with Gasteiger partial charge in [-0.15, -0.1) is 0 Å². The van der Waals surface area contributed by atoms with E-state index in [1.54, 1.807) is 0 Å². The summed E-state index contributed by atoms with van der Waals surface area (Å²) in [5, 5.41) is 8.78. The first-order valence-electron chi connectivity index (χ1n) is 5.55. The summed E-state index contributed by atoms with van der Waals surface area (Å²) >= 11 is 0. The molecule has 0 spiro atoms. The summed E-state index contributed by atoms with van der Waals surface area (Å²) in [6.45, 7) is 5.20. The number of carboxylic acid groups (broad SMARTS) is 1. The van der Waals surface area contributed by atoms with E-state index in [9.17, 15) is 4.79 Å². The molecule has 2 heterocycles. The van der Waals surface area contributed by atoms with E-state index in [-0.39, 0.29) is 5.69 Å². The van der Waals surface area contributed by atoms with Gasteiger partial charge in [0.05, 0.1) is 0 Å². The lowest BCUT2D eigenvalue weighted by Crippen LogP contribution is -2.33. The number of nitrogens with zero attached hydrogens (tertiary/aromatic N) is 2. The van der Waals surface area contributed by atoms with Crippen LogP contribution < -0.4 is 4.90 Å². The van der Waals surface area contributed by atoms with E-state index >= 15 is 0 Å². The van der Waals surface area contributed by atoms with Crippen LogP contribution >= 0.6 is 0 Å². The fraction of sp³-hybridized carbons (Fsp3) is 0.636. The van der Waals surface area contributed by atoms with Gasteiger partial charge in [0.1, 0.15) is 6.26 Å². The zero-order chi connectivity index (χ0) is 11.7. The molecule has 0 aromatic carbocycles.